The molecule has 9 heteroatoms. The lowest BCUT2D eigenvalue weighted by molar-refractivity contribution is -0.113. The number of anilines is 1. The van der Waals surface area contributed by atoms with Crippen molar-refractivity contribution in [1.82, 2.24) is 14.8 Å². The Balaban J connectivity index is 1.71. The van der Waals surface area contributed by atoms with Gasteiger partial charge in [0.25, 0.3) is 0 Å². The number of halogens is 1. The van der Waals surface area contributed by atoms with Crippen LogP contribution in [0.4, 0.5) is 10.1 Å². The minimum absolute atomic E-state index is 0.0223. The maximum Gasteiger partial charge on any atom is 0.234 e. The van der Waals surface area contributed by atoms with Gasteiger partial charge in [0.1, 0.15) is 5.75 Å². The van der Waals surface area contributed by atoms with Crippen LogP contribution in [0.5, 0.6) is 11.5 Å². The molecule has 1 atom stereocenters. The summed E-state index contributed by atoms with van der Waals surface area (Å²) in [6.07, 6.45) is -0.526. The third kappa shape index (κ3) is 5.59. The number of para-hydroxylation sites is 1. The first-order valence-corrected chi connectivity index (χ1v) is 11.2. The monoisotopic (exact) mass is 458 g/mol. The normalized spacial score (nSPS) is 12.0. The molecule has 0 radical (unpaired) electrons. The van der Waals surface area contributed by atoms with Gasteiger partial charge in [-0.25, -0.2) is 4.39 Å². The molecule has 0 aliphatic carbocycles. The third-order valence-corrected chi connectivity index (χ3v) is 5.62. The van der Waals surface area contributed by atoms with E-state index >= 15 is 0 Å². The topological polar surface area (TPSA) is 78.3 Å². The van der Waals surface area contributed by atoms with Crippen molar-refractivity contribution in [3.05, 3.63) is 59.7 Å². The van der Waals surface area contributed by atoms with Gasteiger partial charge in [-0.2, -0.15) is 0 Å². The minimum atomic E-state index is -0.526. The van der Waals surface area contributed by atoms with Crippen LogP contribution < -0.4 is 14.8 Å². The summed E-state index contributed by atoms with van der Waals surface area (Å²) in [6.45, 7) is 7.72. The zero-order chi connectivity index (χ0) is 23.3. The minimum Gasteiger partial charge on any atom is -0.495 e. The molecule has 0 saturated heterocycles. The van der Waals surface area contributed by atoms with Crippen LogP contribution in [0, 0.1) is 12.7 Å². The van der Waals surface area contributed by atoms with Crippen LogP contribution >= 0.6 is 11.8 Å². The zero-order valence-corrected chi connectivity index (χ0v) is 19.6. The van der Waals surface area contributed by atoms with Gasteiger partial charge in [-0.15, -0.1) is 10.2 Å². The second-order valence-corrected chi connectivity index (χ2v) is 8.48. The highest BCUT2D eigenvalue weighted by molar-refractivity contribution is 7.99. The van der Waals surface area contributed by atoms with Crippen LogP contribution in [0.15, 0.2) is 47.6 Å². The molecule has 1 heterocycles. The number of nitrogens with one attached hydrogen (secondary N) is 1. The number of rotatable bonds is 9. The molecule has 7 nitrogen and oxygen atoms in total. The summed E-state index contributed by atoms with van der Waals surface area (Å²) in [7, 11) is 1.56. The van der Waals surface area contributed by atoms with Crippen molar-refractivity contribution in [3.63, 3.8) is 0 Å². The number of aromatic nitrogens is 3. The van der Waals surface area contributed by atoms with Gasteiger partial charge in [0.05, 0.1) is 18.6 Å². The first-order valence-electron chi connectivity index (χ1n) is 10.2. The van der Waals surface area contributed by atoms with Gasteiger partial charge in [-0.1, -0.05) is 30.0 Å². The van der Waals surface area contributed by atoms with Gasteiger partial charge >= 0.3 is 0 Å². The first-order chi connectivity index (χ1) is 15.3. The molecular weight excluding hydrogens is 431 g/mol. The van der Waals surface area contributed by atoms with E-state index in [2.05, 4.69) is 15.5 Å². The van der Waals surface area contributed by atoms with Crippen LogP contribution in [0.3, 0.4) is 0 Å². The van der Waals surface area contributed by atoms with E-state index in [-0.39, 0.29) is 23.5 Å². The van der Waals surface area contributed by atoms with Crippen LogP contribution in [0.2, 0.25) is 0 Å². The molecule has 1 N–H and O–H groups in total. The van der Waals surface area contributed by atoms with E-state index < -0.39 is 11.9 Å². The van der Waals surface area contributed by atoms with Gasteiger partial charge in [0.15, 0.2) is 28.7 Å². The van der Waals surface area contributed by atoms with Crippen molar-refractivity contribution in [2.45, 2.75) is 45.0 Å². The highest BCUT2D eigenvalue weighted by Crippen LogP contribution is 2.29. The van der Waals surface area contributed by atoms with Crippen LogP contribution in [-0.2, 0) is 4.79 Å². The molecule has 170 valence electrons. The van der Waals surface area contributed by atoms with E-state index in [1.807, 2.05) is 43.5 Å². The van der Waals surface area contributed by atoms with Gasteiger partial charge < -0.3 is 19.4 Å². The van der Waals surface area contributed by atoms with Crippen molar-refractivity contribution in [3.8, 4) is 11.5 Å². The number of carbonyl (C=O) groups is 1. The van der Waals surface area contributed by atoms with E-state index in [0.29, 0.717) is 22.4 Å². The molecule has 0 fully saturated rings. The molecule has 3 rings (SSSR count). The molecule has 3 aromatic rings. The Morgan fingerprint density at radius 2 is 1.91 bits per heavy atom. The Morgan fingerprint density at radius 1 is 1.16 bits per heavy atom. The Labute approximate surface area is 191 Å². The quantitative estimate of drug-likeness (QED) is 0.445. The van der Waals surface area contributed by atoms with E-state index in [1.165, 1.54) is 17.8 Å². The zero-order valence-electron chi connectivity index (χ0n) is 18.8. The molecule has 0 saturated carbocycles. The predicted octanol–water partition coefficient (Wildman–Crippen LogP) is 5.19. The number of carbonyl (C=O) groups excluding carboxylic acids is 1. The summed E-state index contributed by atoms with van der Waals surface area (Å²) in [5.41, 5.74) is 1.64. The van der Waals surface area contributed by atoms with Crippen molar-refractivity contribution in [2.24, 2.45) is 0 Å². The summed E-state index contributed by atoms with van der Waals surface area (Å²) < 4.78 is 27.0. The number of benzene rings is 2. The standard InChI is InChI=1S/C23H27FN4O3S/c1-14(2)28-22(16(4)31-19-9-7-6-8-17(19)24)26-27-23(28)32-13-21(29)25-18-12-15(3)10-11-20(18)30-5/h6-12,14,16H,13H2,1-5H3,(H,25,29). The van der Waals surface area contributed by atoms with Gasteiger partial charge in [-0.3, -0.25) is 4.79 Å². The molecule has 1 amide bonds. The van der Waals surface area contributed by atoms with E-state index in [9.17, 15) is 9.18 Å². The van der Waals surface area contributed by atoms with Gasteiger partial charge in [-0.05, 0) is 57.5 Å². The number of nitrogens with zero attached hydrogens (tertiary/aromatic N) is 3. The Bertz CT molecular complexity index is 1090. The maximum absolute atomic E-state index is 14.0. The number of hydrogen-bond donors (Lipinski definition) is 1. The van der Waals surface area contributed by atoms with Crippen molar-refractivity contribution >= 4 is 23.4 Å². The molecular formula is C23H27FN4O3S. The highest BCUT2D eigenvalue weighted by atomic mass is 32.2. The van der Waals surface area contributed by atoms with Crippen molar-refractivity contribution in [2.75, 3.05) is 18.2 Å². The summed E-state index contributed by atoms with van der Waals surface area (Å²) in [4.78, 5) is 12.6. The van der Waals surface area contributed by atoms with Crippen LogP contribution in [0.25, 0.3) is 0 Å². The molecule has 1 unspecified atom stereocenters. The summed E-state index contributed by atoms with van der Waals surface area (Å²) >= 11 is 1.27. The number of hydrogen-bond acceptors (Lipinski definition) is 6. The number of thioether (sulfide) groups is 1. The molecule has 32 heavy (non-hydrogen) atoms. The molecule has 0 bridgehead atoms. The average Bonchev–Trinajstić information content (AvgIpc) is 3.18. The average molecular weight is 459 g/mol. The van der Waals surface area contributed by atoms with Crippen LogP contribution in [0.1, 0.15) is 44.3 Å². The van der Waals surface area contributed by atoms with Crippen molar-refractivity contribution < 1.29 is 18.7 Å². The van der Waals surface area contributed by atoms with E-state index in [1.54, 1.807) is 32.2 Å². The smallest absolute Gasteiger partial charge is 0.234 e. The van der Waals surface area contributed by atoms with Crippen molar-refractivity contribution in [1.29, 1.82) is 0 Å². The fourth-order valence-corrected chi connectivity index (χ4v) is 4.04. The summed E-state index contributed by atoms with van der Waals surface area (Å²) in [5, 5.41) is 12.0. The molecule has 1 aromatic heterocycles. The number of ether oxygens (including phenoxy) is 2. The molecule has 2 aromatic carbocycles. The van der Waals surface area contributed by atoms with Gasteiger partial charge in [0, 0.05) is 6.04 Å². The maximum atomic E-state index is 14.0. The second kappa shape index (κ2) is 10.5. The fraction of sp³-hybridized carbons (Fsp3) is 0.348. The van der Waals surface area contributed by atoms with Crippen LogP contribution in [-0.4, -0.2) is 33.5 Å². The largest absolute Gasteiger partial charge is 0.495 e. The lowest BCUT2D eigenvalue weighted by atomic mass is 10.2. The number of amides is 1. The summed E-state index contributed by atoms with van der Waals surface area (Å²) in [5.74, 6) is 0.832. The fourth-order valence-electron chi connectivity index (χ4n) is 3.17. The highest BCUT2D eigenvalue weighted by Gasteiger charge is 2.23. The lowest BCUT2D eigenvalue weighted by Gasteiger charge is -2.19. The SMILES string of the molecule is COc1ccc(C)cc1NC(=O)CSc1nnc(C(C)Oc2ccccc2F)n1C(C)C. The second-order valence-electron chi connectivity index (χ2n) is 7.54. The predicted molar refractivity (Wildman–Crippen MR) is 123 cm³/mol. The first kappa shape index (κ1) is 23.6. The summed E-state index contributed by atoms with van der Waals surface area (Å²) in [6, 6.07) is 11.8. The third-order valence-electron chi connectivity index (χ3n) is 4.67. The molecule has 0 aliphatic heterocycles. The van der Waals surface area contributed by atoms with E-state index in [0.717, 1.165) is 5.56 Å². The number of methoxy groups -OCH3 is 1. The molecule has 0 aliphatic rings. The van der Waals surface area contributed by atoms with Gasteiger partial charge in [0.2, 0.25) is 5.91 Å². The lowest BCUT2D eigenvalue weighted by Crippen LogP contribution is -2.17. The Kier molecular flexibility index (Phi) is 7.74. The number of aryl methyl sites for hydroxylation is 1. The molecule has 0 spiro atoms. The Morgan fingerprint density at radius 3 is 2.59 bits per heavy atom. The van der Waals surface area contributed by atoms with E-state index in [4.69, 9.17) is 9.47 Å². The Hall–Kier alpha value is -3.07.